The molecule has 0 saturated carbocycles. The molecule has 1 aromatic heterocycles. The number of piperazine rings is 1. The number of likely N-dealkylation sites (N-methyl/N-ethyl adjacent to an activating group) is 2. The van der Waals surface area contributed by atoms with Crippen molar-refractivity contribution in [3.05, 3.63) is 99.2 Å². The highest BCUT2D eigenvalue weighted by molar-refractivity contribution is 6.38. The minimum atomic E-state index is -0.446. The Kier molecular flexibility index (Phi) is 11.2. The molecule has 250 valence electrons. The number of hydrogen-bond donors (Lipinski definition) is 2. The monoisotopic (exact) mass is 688 g/mol. The number of halogens is 2. The van der Waals surface area contributed by atoms with Crippen molar-refractivity contribution < 1.29 is 19.1 Å². The van der Waals surface area contributed by atoms with E-state index in [4.69, 9.17) is 32.9 Å². The van der Waals surface area contributed by atoms with Gasteiger partial charge in [0, 0.05) is 79.3 Å². The largest absolute Gasteiger partial charge is 0.487 e. The molecule has 0 atom stereocenters. The van der Waals surface area contributed by atoms with Crippen molar-refractivity contribution in [3.8, 4) is 5.75 Å². The van der Waals surface area contributed by atoms with Crippen molar-refractivity contribution >= 4 is 69.3 Å². The molecule has 0 aliphatic carbocycles. The zero-order valence-electron chi connectivity index (χ0n) is 27.3. The first-order valence-electron chi connectivity index (χ1n) is 15.5. The van der Waals surface area contributed by atoms with Crippen LogP contribution in [0.2, 0.25) is 10.0 Å². The standard InChI is InChI=1S/C36H38Cl2N6O4/c1-23-20-30(44-18-16-42(3)17-19-44)26-6-5-7-31(35(26)41-23)48-22-27-28(37)13-14-29(34(27)38)43(4)33(46)21-40-32(45)15-10-24-8-11-25(12-9-24)36(47)39-2/h5-15,20H,16-19,21-22H2,1-4H3,(H,39,47)(H,40,45). The number of aryl methyl sites for hydroxylation is 1. The van der Waals surface area contributed by atoms with E-state index in [1.54, 1.807) is 56.6 Å². The first kappa shape index (κ1) is 34.7. The van der Waals surface area contributed by atoms with Gasteiger partial charge in [-0.3, -0.25) is 14.4 Å². The third kappa shape index (κ3) is 8.07. The normalized spacial score (nSPS) is 13.5. The maximum atomic E-state index is 13.0. The Morgan fingerprint density at radius 2 is 1.75 bits per heavy atom. The summed E-state index contributed by atoms with van der Waals surface area (Å²) in [7, 11) is 5.27. The summed E-state index contributed by atoms with van der Waals surface area (Å²) in [5, 5.41) is 6.83. The number of ether oxygens (including phenoxy) is 1. The lowest BCUT2D eigenvalue weighted by Crippen LogP contribution is -2.44. The Morgan fingerprint density at radius 3 is 2.46 bits per heavy atom. The van der Waals surface area contributed by atoms with Crippen molar-refractivity contribution in [2.75, 3.05) is 63.7 Å². The molecule has 0 unspecified atom stereocenters. The summed E-state index contributed by atoms with van der Waals surface area (Å²) >= 11 is 13.4. The second-order valence-corrected chi connectivity index (χ2v) is 12.4. The van der Waals surface area contributed by atoms with E-state index in [-0.39, 0.29) is 30.0 Å². The molecular formula is C36H38Cl2N6O4. The quantitative estimate of drug-likeness (QED) is 0.217. The molecule has 1 aliphatic rings. The van der Waals surface area contributed by atoms with Crippen molar-refractivity contribution in [1.29, 1.82) is 0 Å². The van der Waals surface area contributed by atoms with E-state index < -0.39 is 5.91 Å². The third-order valence-electron chi connectivity index (χ3n) is 8.27. The lowest BCUT2D eigenvalue weighted by atomic mass is 10.1. The van der Waals surface area contributed by atoms with Gasteiger partial charge in [0.05, 0.1) is 17.3 Å². The van der Waals surface area contributed by atoms with Crippen molar-refractivity contribution in [2.24, 2.45) is 0 Å². The maximum Gasteiger partial charge on any atom is 0.251 e. The van der Waals surface area contributed by atoms with Crippen LogP contribution in [0.15, 0.2) is 66.7 Å². The summed E-state index contributed by atoms with van der Waals surface area (Å²) in [6.45, 7) is 5.62. The number of nitrogens with one attached hydrogen (secondary N) is 2. The number of anilines is 2. The van der Waals surface area contributed by atoms with Crippen LogP contribution in [0.3, 0.4) is 0 Å². The Bertz CT molecular complexity index is 1860. The SMILES string of the molecule is CNC(=O)c1ccc(C=CC(=O)NCC(=O)N(C)c2ccc(Cl)c(COc3cccc4c(N5CCN(C)CC5)cc(C)nc34)c2Cl)cc1. The first-order chi connectivity index (χ1) is 23.0. The summed E-state index contributed by atoms with van der Waals surface area (Å²) < 4.78 is 6.30. The van der Waals surface area contributed by atoms with Gasteiger partial charge in [-0.05, 0) is 62.0 Å². The van der Waals surface area contributed by atoms with Crippen molar-refractivity contribution in [3.63, 3.8) is 0 Å². The van der Waals surface area contributed by atoms with E-state index in [2.05, 4.69) is 39.6 Å². The minimum absolute atomic E-state index is 0.0533. The number of para-hydroxylation sites is 1. The number of fused-ring (bicyclic) bond motifs is 1. The number of hydrogen-bond acceptors (Lipinski definition) is 7. The molecule has 1 saturated heterocycles. The van der Waals surface area contributed by atoms with Gasteiger partial charge < -0.3 is 30.1 Å². The minimum Gasteiger partial charge on any atom is -0.487 e. The Balaban J connectivity index is 1.25. The van der Waals surface area contributed by atoms with E-state index >= 15 is 0 Å². The molecule has 5 rings (SSSR count). The number of rotatable bonds is 10. The summed E-state index contributed by atoms with van der Waals surface area (Å²) in [5.41, 5.74) is 4.97. The number of pyridine rings is 1. The average Bonchev–Trinajstić information content (AvgIpc) is 3.09. The van der Waals surface area contributed by atoms with Crippen LogP contribution in [0.1, 0.15) is 27.2 Å². The van der Waals surface area contributed by atoms with Gasteiger partial charge in [0.2, 0.25) is 11.8 Å². The first-order valence-corrected chi connectivity index (χ1v) is 16.3. The van der Waals surface area contributed by atoms with E-state index in [1.807, 2.05) is 19.1 Å². The van der Waals surface area contributed by atoms with Gasteiger partial charge in [-0.2, -0.15) is 0 Å². The molecule has 2 heterocycles. The molecule has 0 radical (unpaired) electrons. The van der Waals surface area contributed by atoms with Gasteiger partial charge in [-0.15, -0.1) is 0 Å². The summed E-state index contributed by atoms with van der Waals surface area (Å²) in [6, 6.07) is 18.1. The van der Waals surface area contributed by atoms with Crippen LogP contribution in [0.4, 0.5) is 11.4 Å². The molecule has 4 aromatic rings. The van der Waals surface area contributed by atoms with Crippen LogP contribution in [0.5, 0.6) is 5.75 Å². The van der Waals surface area contributed by atoms with E-state index in [1.165, 1.54) is 11.0 Å². The third-order valence-corrected chi connectivity index (χ3v) is 9.04. The highest BCUT2D eigenvalue weighted by Crippen LogP contribution is 2.37. The average molecular weight is 690 g/mol. The van der Waals surface area contributed by atoms with E-state index in [0.717, 1.165) is 54.0 Å². The fourth-order valence-corrected chi connectivity index (χ4v) is 6.02. The van der Waals surface area contributed by atoms with Crippen molar-refractivity contribution in [2.45, 2.75) is 13.5 Å². The van der Waals surface area contributed by atoms with Gasteiger partial charge in [0.25, 0.3) is 5.91 Å². The fraction of sp³-hybridized carbons (Fsp3) is 0.278. The molecule has 2 N–H and O–H groups in total. The molecule has 1 aliphatic heterocycles. The molecule has 0 spiro atoms. The van der Waals surface area contributed by atoms with Crippen LogP contribution in [0, 0.1) is 6.92 Å². The van der Waals surface area contributed by atoms with Crippen LogP contribution in [-0.2, 0) is 16.2 Å². The molecular weight excluding hydrogens is 651 g/mol. The number of carbonyl (C=O) groups is 3. The second kappa shape index (κ2) is 15.5. The highest BCUT2D eigenvalue weighted by atomic mass is 35.5. The topological polar surface area (TPSA) is 107 Å². The lowest BCUT2D eigenvalue weighted by molar-refractivity contribution is -0.122. The predicted molar refractivity (Wildman–Crippen MR) is 192 cm³/mol. The Morgan fingerprint density at radius 1 is 1.02 bits per heavy atom. The smallest absolute Gasteiger partial charge is 0.251 e. The number of amides is 3. The van der Waals surface area contributed by atoms with E-state index in [0.29, 0.717) is 27.6 Å². The van der Waals surface area contributed by atoms with Crippen LogP contribution >= 0.6 is 23.2 Å². The summed E-state index contributed by atoms with van der Waals surface area (Å²) in [6.07, 6.45) is 2.92. The van der Waals surface area contributed by atoms with Gasteiger partial charge >= 0.3 is 0 Å². The number of nitrogens with zero attached hydrogens (tertiary/aromatic N) is 4. The van der Waals surface area contributed by atoms with Gasteiger partial charge in [0.15, 0.2) is 0 Å². The van der Waals surface area contributed by atoms with Crippen molar-refractivity contribution in [1.82, 2.24) is 20.5 Å². The number of benzene rings is 3. The van der Waals surface area contributed by atoms with Gasteiger partial charge in [0.1, 0.15) is 17.9 Å². The molecule has 48 heavy (non-hydrogen) atoms. The zero-order chi connectivity index (χ0) is 34.4. The maximum absolute atomic E-state index is 13.0. The Labute approximate surface area is 290 Å². The molecule has 10 nitrogen and oxygen atoms in total. The lowest BCUT2D eigenvalue weighted by Gasteiger charge is -2.34. The van der Waals surface area contributed by atoms with Crippen LogP contribution < -0.4 is 25.2 Å². The molecule has 3 amide bonds. The fourth-order valence-electron chi connectivity index (χ4n) is 5.42. The summed E-state index contributed by atoms with van der Waals surface area (Å²) in [4.78, 5) is 48.1. The summed E-state index contributed by atoms with van der Waals surface area (Å²) in [5.74, 6) is -0.420. The second-order valence-electron chi connectivity index (χ2n) is 11.6. The zero-order valence-corrected chi connectivity index (χ0v) is 28.9. The Hall–Kier alpha value is -4.64. The molecule has 3 aromatic carbocycles. The highest BCUT2D eigenvalue weighted by Gasteiger charge is 2.21. The number of aromatic nitrogens is 1. The van der Waals surface area contributed by atoms with E-state index in [9.17, 15) is 14.4 Å². The van der Waals surface area contributed by atoms with Gasteiger partial charge in [-0.1, -0.05) is 47.5 Å². The molecule has 1 fully saturated rings. The molecule has 0 bridgehead atoms. The number of carbonyl (C=O) groups excluding carboxylic acids is 3. The molecule has 12 heteroatoms. The predicted octanol–water partition coefficient (Wildman–Crippen LogP) is 5.33. The van der Waals surface area contributed by atoms with Crippen LogP contribution in [-0.4, -0.2) is 81.5 Å². The van der Waals surface area contributed by atoms with Crippen LogP contribution in [0.25, 0.3) is 17.0 Å². The van der Waals surface area contributed by atoms with Gasteiger partial charge in [-0.25, -0.2) is 4.98 Å².